The van der Waals surface area contributed by atoms with Crippen molar-refractivity contribution >= 4 is 11.8 Å². The number of rotatable bonds is 3. The van der Waals surface area contributed by atoms with E-state index in [9.17, 15) is 14.7 Å². The maximum atomic E-state index is 12.9. The van der Waals surface area contributed by atoms with E-state index in [1.807, 2.05) is 24.0 Å². The van der Waals surface area contributed by atoms with Gasteiger partial charge >= 0.3 is 0 Å². The van der Waals surface area contributed by atoms with Crippen LogP contribution in [0.3, 0.4) is 0 Å². The van der Waals surface area contributed by atoms with Crippen molar-refractivity contribution in [3.05, 3.63) is 59.7 Å². The number of β-amino-alcohol motifs (C(OH)–C–C–N with tert-alkyl or cyclic N) is 1. The summed E-state index contributed by atoms with van der Waals surface area (Å²) in [5.74, 6) is -0.00309. The molecule has 4 heterocycles. The fraction of sp³-hybridized carbons (Fsp3) is 0.478. The van der Waals surface area contributed by atoms with Crippen LogP contribution in [0, 0.1) is 12.3 Å². The lowest BCUT2D eigenvalue weighted by atomic mass is 9.71. The molecule has 2 fully saturated rings. The molecule has 0 aliphatic carbocycles. The molecule has 0 radical (unpaired) electrons. The summed E-state index contributed by atoms with van der Waals surface area (Å²) in [5.41, 5.74) is 2.25. The highest BCUT2D eigenvalue weighted by Crippen LogP contribution is 2.40. The van der Waals surface area contributed by atoms with E-state index in [4.69, 9.17) is 0 Å². The minimum absolute atomic E-state index is 0.0892. The van der Waals surface area contributed by atoms with Crippen molar-refractivity contribution in [1.29, 1.82) is 0 Å². The summed E-state index contributed by atoms with van der Waals surface area (Å²) < 4.78 is 0. The maximum absolute atomic E-state index is 12.9. The number of amides is 2. The van der Waals surface area contributed by atoms with Gasteiger partial charge in [0.15, 0.2) is 0 Å². The van der Waals surface area contributed by atoms with E-state index in [-0.39, 0.29) is 17.2 Å². The molecule has 1 atom stereocenters. The quantitative estimate of drug-likeness (QED) is 0.838. The first-order valence-corrected chi connectivity index (χ1v) is 10.5. The Bertz CT molecular complexity index is 910. The van der Waals surface area contributed by atoms with Crippen LogP contribution in [-0.4, -0.2) is 69.0 Å². The number of hydrogen-bond donors (Lipinski definition) is 1. The summed E-state index contributed by atoms with van der Waals surface area (Å²) >= 11 is 0. The zero-order chi connectivity index (χ0) is 21.1. The topological polar surface area (TPSA) is 86.6 Å². The first-order chi connectivity index (χ1) is 14.5. The number of hydrogen-bond acceptors (Lipinski definition) is 5. The first-order valence-electron chi connectivity index (χ1n) is 10.5. The van der Waals surface area contributed by atoms with Crippen LogP contribution in [0.15, 0.2) is 42.9 Å². The molecule has 0 bridgehead atoms. The third kappa shape index (κ3) is 4.36. The minimum Gasteiger partial charge on any atom is -0.391 e. The van der Waals surface area contributed by atoms with E-state index in [0.29, 0.717) is 44.6 Å². The number of aryl methyl sites for hydroxylation is 1. The molecule has 4 rings (SSSR count). The zero-order valence-corrected chi connectivity index (χ0v) is 17.3. The number of likely N-dealkylation sites (tertiary alicyclic amines) is 2. The lowest BCUT2D eigenvalue weighted by molar-refractivity contribution is -0.134. The predicted molar refractivity (Wildman–Crippen MR) is 112 cm³/mol. The van der Waals surface area contributed by atoms with Crippen molar-refractivity contribution in [2.45, 2.75) is 38.7 Å². The fourth-order valence-corrected chi connectivity index (χ4v) is 4.73. The van der Waals surface area contributed by atoms with Gasteiger partial charge in [-0.1, -0.05) is 6.07 Å². The molecule has 7 heteroatoms. The summed E-state index contributed by atoms with van der Waals surface area (Å²) in [7, 11) is 0. The summed E-state index contributed by atoms with van der Waals surface area (Å²) in [6, 6.07) is 7.35. The molecule has 1 N–H and O–H groups in total. The van der Waals surface area contributed by atoms with E-state index in [1.54, 1.807) is 35.6 Å². The van der Waals surface area contributed by atoms with Crippen LogP contribution in [0.5, 0.6) is 0 Å². The molecule has 2 aromatic rings. The SMILES string of the molecule is Cc1cccnc1CC(=O)N1CCC2(CC1)CC(O)CN(C(=O)c1cccnc1)C2. The van der Waals surface area contributed by atoms with Crippen LogP contribution < -0.4 is 0 Å². The molecule has 1 unspecified atom stereocenters. The number of aliphatic hydroxyl groups is 1. The van der Waals surface area contributed by atoms with E-state index in [2.05, 4.69) is 9.97 Å². The molecule has 158 valence electrons. The van der Waals surface area contributed by atoms with E-state index >= 15 is 0 Å². The van der Waals surface area contributed by atoms with Crippen LogP contribution in [-0.2, 0) is 11.2 Å². The number of aromatic nitrogens is 2. The third-order valence-electron chi connectivity index (χ3n) is 6.44. The van der Waals surface area contributed by atoms with Crippen molar-refractivity contribution in [1.82, 2.24) is 19.8 Å². The summed E-state index contributed by atoms with van der Waals surface area (Å²) in [4.78, 5) is 37.7. The van der Waals surface area contributed by atoms with Crippen LogP contribution in [0.1, 0.15) is 40.9 Å². The molecular formula is C23H28N4O3. The van der Waals surface area contributed by atoms with Gasteiger partial charge in [0.2, 0.25) is 5.91 Å². The molecule has 0 saturated carbocycles. The van der Waals surface area contributed by atoms with Gasteiger partial charge in [-0.25, -0.2) is 0 Å². The normalized spacial score (nSPS) is 20.9. The minimum atomic E-state index is -0.544. The molecule has 2 amide bonds. The second-order valence-corrected chi connectivity index (χ2v) is 8.61. The monoisotopic (exact) mass is 408 g/mol. The van der Waals surface area contributed by atoms with Crippen LogP contribution in [0.4, 0.5) is 0 Å². The van der Waals surface area contributed by atoms with Gasteiger partial charge in [-0.05, 0) is 55.4 Å². The second-order valence-electron chi connectivity index (χ2n) is 8.61. The Morgan fingerprint density at radius 2 is 1.93 bits per heavy atom. The van der Waals surface area contributed by atoms with Crippen molar-refractivity contribution in [3.8, 4) is 0 Å². The Labute approximate surface area is 176 Å². The van der Waals surface area contributed by atoms with Crippen LogP contribution in [0.25, 0.3) is 0 Å². The highest BCUT2D eigenvalue weighted by molar-refractivity contribution is 5.94. The Morgan fingerprint density at radius 3 is 2.63 bits per heavy atom. The van der Waals surface area contributed by atoms with E-state index in [1.165, 1.54) is 0 Å². The molecule has 7 nitrogen and oxygen atoms in total. The fourth-order valence-electron chi connectivity index (χ4n) is 4.73. The molecule has 2 aromatic heterocycles. The Balaban J connectivity index is 1.39. The van der Waals surface area contributed by atoms with Gasteiger partial charge in [-0.15, -0.1) is 0 Å². The number of aliphatic hydroxyl groups excluding tert-OH is 1. The highest BCUT2D eigenvalue weighted by Gasteiger charge is 2.43. The maximum Gasteiger partial charge on any atom is 0.255 e. The molecule has 0 aromatic carbocycles. The molecule has 2 aliphatic rings. The number of nitrogens with zero attached hydrogens (tertiary/aromatic N) is 4. The number of carbonyl (C=O) groups excluding carboxylic acids is 2. The van der Waals surface area contributed by atoms with Crippen LogP contribution in [0.2, 0.25) is 0 Å². The largest absolute Gasteiger partial charge is 0.391 e. The zero-order valence-electron chi connectivity index (χ0n) is 17.3. The Kier molecular flexibility index (Phi) is 5.81. The third-order valence-corrected chi connectivity index (χ3v) is 6.44. The number of pyridine rings is 2. The first kappa shape index (κ1) is 20.5. The van der Waals surface area contributed by atoms with Gasteiger partial charge in [0.1, 0.15) is 0 Å². The van der Waals surface area contributed by atoms with E-state index < -0.39 is 6.10 Å². The van der Waals surface area contributed by atoms with Gasteiger partial charge in [-0.3, -0.25) is 19.6 Å². The molecule has 2 aliphatic heterocycles. The van der Waals surface area contributed by atoms with Gasteiger partial charge < -0.3 is 14.9 Å². The van der Waals surface area contributed by atoms with Crippen LogP contribution >= 0.6 is 0 Å². The molecular weight excluding hydrogens is 380 g/mol. The standard InChI is InChI=1S/C23H28N4O3/c1-17-4-2-9-25-20(17)12-21(29)26-10-6-23(7-11-26)13-19(28)15-27(16-23)22(30)18-5-3-8-24-14-18/h2-5,8-9,14,19,28H,6-7,10-13,15-16H2,1H3. The van der Waals surface area contributed by atoms with E-state index in [0.717, 1.165) is 24.1 Å². The number of piperidine rings is 2. The van der Waals surface area contributed by atoms with Crippen molar-refractivity contribution in [2.75, 3.05) is 26.2 Å². The summed E-state index contributed by atoms with van der Waals surface area (Å²) in [6.45, 7) is 4.22. The lowest BCUT2D eigenvalue weighted by Gasteiger charge is -2.49. The summed E-state index contributed by atoms with van der Waals surface area (Å²) in [6.07, 6.45) is 6.94. The lowest BCUT2D eigenvalue weighted by Crippen LogP contribution is -2.56. The average Bonchev–Trinajstić information content (AvgIpc) is 2.75. The molecule has 1 spiro atoms. The second kappa shape index (κ2) is 8.52. The van der Waals surface area contributed by atoms with Gasteiger partial charge in [0.25, 0.3) is 5.91 Å². The molecule has 2 saturated heterocycles. The molecule has 30 heavy (non-hydrogen) atoms. The summed E-state index contributed by atoms with van der Waals surface area (Å²) in [5, 5.41) is 10.5. The van der Waals surface area contributed by atoms with Gasteiger partial charge in [0, 0.05) is 44.8 Å². The van der Waals surface area contributed by atoms with Gasteiger partial charge in [-0.2, -0.15) is 0 Å². The Morgan fingerprint density at radius 1 is 1.17 bits per heavy atom. The van der Waals surface area contributed by atoms with Crippen molar-refractivity contribution in [3.63, 3.8) is 0 Å². The van der Waals surface area contributed by atoms with Crippen molar-refractivity contribution < 1.29 is 14.7 Å². The smallest absolute Gasteiger partial charge is 0.255 e. The average molecular weight is 409 g/mol. The predicted octanol–water partition coefficient (Wildman–Crippen LogP) is 1.84. The van der Waals surface area contributed by atoms with Crippen molar-refractivity contribution in [2.24, 2.45) is 5.41 Å². The number of carbonyl (C=O) groups is 2. The highest BCUT2D eigenvalue weighted by atomic mass is 16.3. The Hall–Kier alpha value is -2.80. The van der Waals surface area contributed by atoms with Gasteiger partial charge in [0.05, 0.1) is 23.8 Å².